The summed E-state index contributed by atoms with van der Waals surface area (Å²) in [7, 11) is -3.44. The average molecular weight is 568 g/mol. The predicted octanol–water partition coefficient (Wildman–Crippen LogP) is 4.36. The summed E-state index contributed by atoms with van der Waals surface area (Å²) in [4.78, 5) is 16.2. The molecule has 1 aliphatic rings. The van der Waals surface area contributed by atoms with E-state index in [1.54, 1.807) is 24.3 Å². The summed E-state index contributed by atoms with van der Waals surface area (Å²) in [6.07, 6.45) is 3.92. The standard InChI is InChI=1S/C21H18FIN4O4S/c22-16-8-12(23)4-7-17(16)26-18-10-25-11-19(20(18)21(24)28)31-14-3-1-2-13(9-14)27-32(29,30)15-5-6-15/h1-4,7-11,15,26-27H,5-6H2,(H2,24,28). The van der Waals surface area contributed by atoms with Gasteiger partial charge in [-0.05, 0) is 65.8 Å². The zero-order valence-corrected chi connectivity index (χ0v) is 19.5. The maximum Gasteiger partial charge on any atom is 0.254 e. The maximum absolute atomic E-state index is 14.3. The molecule has 0 bridgehead atoms. The molecule has 0 saturated heterocycles. The first kappa shape index (κ1) is 22.3. The number of benzene rings is 2. The second-order valence-corrected chi connectivity index (χ2v) is 10.4. The van der Waals surface area contributed by atoms with Gasteiger partial charge < -0.3 is 15.8 Å². The summed E-state index contributed by atoms with van der Waals surface area (Å²) in [5, 5.41) is 2.45. The van der Waals surface area contributed by atoms with Crippen molar-refractivity contribution in [3.05, 3.63) is 69.8 Å². The zero-order valence-electron chi connectivity index (χ0n) is 16.5. The Bertz CT molecular complexity index is 1300. The molecule has 11 heteroatoms. The van der Waals surface area contributed by atoms with Gasteiger partial charge in [-0.3, -0.25) is 14.5 Å². The van der Waals surface area contributed by atoms with E-state index in [0.29, 0.717) is 22.1 Å². The smallest absolute Gasteiger partial charge is 0.254 e. The lowest BCUT2D eigenvalue weighted by Gasteiger charge is -2.15. The number of ether oxygens (including phenoxy) is 1. The second kappa shape index (κ2) is 8.90. The van der Waals surface area contributed by atoms with Crippen LogP contribution in [0, 0.1) is 9.39 Å². The molecule has 0 spiro atoms. The Morgan fingerprint density at radius 2 is 1.94 bits per heavy atom. The molecule has 166 valence electrons. The molecule has 32 heavy (non-hydrogen) atoms. The van der Waals surface area contributed by atoms with Crippen LogP contribution in [0.5, 0.6) is 11.5 Å². The highest BCUT2D eigenvalue weighted by Gasteiger charge is 2.35. The van der Waals surface area contributed by atoms with Crippen molar-refractivity contribution in [2.24, 2.45) is 5.73 Å². The van der Waals surface area contributed by atoms with Crippen molar-refractivity contribution >= 4 is 55.6 Å². The van der Waals surface area contributed by atoms with E-state index in [-0.39, 0.29) is 33.7 Å². The Balaban J connectivity index is 1.62. The normalized spacial score (nSPS) is 13.4. The summed E-state index contributed by atoms with van der Waals surface area (Å²) >= 11 is 1.99. The number of nitrogens with two attached hydrogens (primary N) is 1. The van der Waals surface area contributed by atoms with E-state index in [1.165, 1.54) is 30.6 Å². The number of aromatic nitrogens is 1. The Hall–Kier alpha value is -2.93. The van der Waals surface area contributed by atoms with Gasteiger partial charge >= 0.3 is 0 Å². The SMILES string of the molecule is NC(=O)c1c(Nc2ccc(I)cc2F)cncc1Oc1cccc(NS(=O)(=O)C2CC2)c1. The second-order valence-electron chi connectivity index (χ2n) is 7.15. The molecule has 0 aliphatic heterocycles. The van der Waals surface area contributed by atoms with Crippen LogP contribution in [0.2, 0.25) is 0 Å². The van der Waals surface area contributed by atoms with Crippen LogP contribution in [0.3, 0.4) is 0 Å². The fourth-order valence-electron chi connectivity index (χ4n) is 2.98. The highest BCUT2D eigenvalue weighted by atomic mass is 127. The third kappa shape index (κ3) is 5.10. The lowest BCUT2D eigenvalue weighted by atomic mass is 10.2. The van der Waals surface area contributed by atoms with Gasteiger partial charge in [0.2, 0.25) is 10.0 Å². The van der Waals surface area contributed by atoms with Crippen LogP contribution in [0.25, 0.3) is 0 Å². The van der Waals surface area contributed by atoms with E-state index in [2.05, 4.69) is 15.0 Å². The molecule has 4 rings (SSSR count). The van der Waals surface area contributed by atoms with E-state index >= 15 is 0 Å². The number of halogens is 2. The number of hydrogen-bond donors (Lipinski definition) is 3. The lowest BCUT2D eigenvalue weighted by molar-refractivity contribution is 0.0999. The number of amides is 1. The number of nitrogens with one attached hydrogen (secondary N) is 2. The lowest BCUT2D eigenvalue weighted by Crippen LogP contribution is -2.17. The molecule has 0 unspecified atom stereocenters. The van der Waals surface area contributed by atoms with Gasteiger partial charge in [-0.1, -0.05) is 6.07 Å². The van der Waals surface area contributed by atoms with E-state index < -0.39 is 21.7 Å². The Kier molecular flexibility index (Phi) is 6.20. The largest absolute Gasteiger partial charge is 0.455 e. The van der Waals surface area contributed by atoms with Crippen molar-refractivity contribution in [1.29, 1.82) is 0 Å². The number of carbonyl (C=O) groups excluding carboxylic acids is 1. The molecule has 4 N–H and O–H groups in total. The molecule has 1 saturated carbocycles. The molecular weight excluding hydrogens is 550 g/mol. The summed E-state index contributed by atoms with van der Waals surface area (Å²) < 4.78 is 47.7. The van der Waals surface area contributed by atoms with Gasteiger partial charge in [0.1, 0.15) is 17.1 Å². The number of hydrogen-bond acceptors (Lipinski definition) is 6. The van der Waals surface area contributed by atoms with Crippen LogP contribution in [-0.4, -0.2) is 24.6 Å². The molecule has 1 fully saturated rings. The zero-order chi connectivity index (χ0) is 22.9. The highest BCUT2D eigenvalue weighted by molar-refractivity contribution is 14.1. The highest BCUT2D eigenvalue weighted by Crippen LogP contribution is 2.34. The number of sulfonamides is 1. The first-order valence-corrected chi connectivity index (χ1v) is 12.1. The summed E-state index contributed by atoms with van der Waals surface area (Å²) in [5.74, 6) is -1.01. The van der Waals surface area contributed by atoms with Crippen LogP contribution in [0.4, 0.5) is 21.5 Å². The van der Waals surface area contributed by atoms with Gasteiger partial charge in [0.05, 0.1) is 34.7 Å². The Labute approximate surface area is 197 Å². The molecule has 1 heterocycles. The number of carbonyl (C=O) groups is 1. The quantitative estimate of drug-likeness (QED) is 0.347. The van der Waals surface area contributed by atoms with E-state index in [1.807, 2.05) is 22.6 Å². The molecule has 2 aromatic carbocycles. The first-order chi connectivity index (χ1) is 15.2. The number of primary amides is 1. The van der Waals surface area contributed by atoms with Crippen molar-refractivity contribution < 1.29 is 22.3 Å². The van der Waals surface area contributed by atoms with Crippen molar-refractivity contribution in [1.82, 2.24) is 4.98 Å². The predicted molar refractivity (Wildman–Crippen MR) is 127 cm³/mol. The van der Waals surface area contributed by atoms with Gasteiger partial charge in [0.15, 0.2) is 5.75 Å². The van der Waals surface area contributed by atoms with E-state index in [4.69, 9.17) is 10.5 Å². The minimum atomic E-state index is -3.44. The molecule has 1 amide bonds. The van der Waals surface area contributed by atoms with Gasteiger partial charge in [-0.15, -0.1) is 0 Å². The van der Waals surface area contributed by atoms with Crippen molar-refractivity contribution in [2.45, 2.75) is 18.1 Å². The monoisotopic (exact) mass is 568 g/mol. The van der Waals surface area contributed by atoms with E-state index in [9.17, 15) is 17.6 Å². The molecule has 0 radical (unpaired) electrons. The number of pyridine rings is 1. The van der Waals surface area contributed by atoms with E-state index in [0.717, 1.165) is 0 Å². The fraction of sp³-hybridized carbons (Fsp3) is 0.143. The minimum absolute atomic E-state index is 0.0260. The van der Waals surface area contributed by atoms with Crippen LogP contribution >= 0.6 is 22.6 Å². The molecule has 1 aliphatic carbocycles. The topological polar surface area (TPSA) is 123 Å². The summed E-state index contributed by atoms with van der Waals surface area (Å²) in [5.41, 5.74) is 6.18. The average Bonchev–Trinajstić information content (AvgIpc) is 3.56. The van der Waals surface area contributed by atoms with Crippen molar-refractivity contribution in [3.8, 4) is 11.5 Å². The fourth-order valence-corrected chi connectivity index (χ4v) is 4.81. The number of anilines is 3. The maximum atomic E-state index is 14.3. The van der Waals surface area contributed by atoms with Gasteiger partial charge in [0.25, 0.3) is 5.91 Å². The summed E-state index contributed by atoms with van der Waals surface area (Å²) in [6.45, 7) is 0. The first-order valence-electron chi connectivity index (χ1n) is 9.52. The Morgan fingerprint density at radius 1 is 1.16 bits per heavy atom. The van der Waals surface area contributed by atoms with Crippen LogP contribution in [0.1, 0.15) is 23.2 Å². The summed E-state index contributed by atoms with van der Waals surface area (Å²) in [6, 6.07) is 10.9. The third-order valence-corrected chi connectivity index (χ3v) is 7.18. The number of nitrogens with zero attached hydrogens (tertiary/aromatic N) is 1. The number of rotatable bonds is 8. The molecule has 1 aromatic heterocycles. The third-order valence-electron chi connectivity index (χ3n) is 4.64. The Morgan fingerprint density at radius 3 is 2.62 bits per heavy atom. The van der Waals surface area contributed by atoms with Crippen LogP contribution in [0.15, 0.2) is 54.9 Å². The molecular formula is C21H18FIN4O4S. The van der Waals surface area contributed by atoms with Gasteiger partial charge in [-0.25, -0.2) is 12.8 Å². The molecule has 8 nitrogen and oxygen atoms in total. The van der Waals surface area contributed by atoms with Crippen molar-refractivity contribution in [3.63, 3.8) is 0 Å². The molecule has 0 atom stereocenters. The molecule has 3 aromatic rings. The van der Waals surface area contributed by atoms with Gasteiger partial charge in [0, 0.05) is 9.64 Å². The van der Waals surface area contributed by atoms with Crippen LogP contribution in [-0.2, 0) is 10.0 Å². The van der Waals surface area contributed by atoms with Gasteiger partial charge in [-0.2, -0.15) is 0 Å². The van der Waals surface area contributed by atoms with Crippen LogP contribution < -0.4 is 20.5 Å². The minimum Gasteiger partial charge on any atom is -0.455 e. The van der Waals surface area contributed by atoms with Crippen molar-refractivity contribution in [2.75, 3.05) is 10.0 Å².